The van der Waals surface area contributed by atoms with Crippen molar-refractivity contribution in [2.24, 2.45) is 0 Å². The second-order valence-electron chi connectivity index (χ2n) is 3.10. The molecular weight excluding hydrogens is 206 g/mol. The van der Waals surface area contributed by atoms with Gasteiger partial charge in [0.05, 0.1) is 18.8 Å². The standard InChI is InChI=1S/C12H17NO3/c1-4-15-9-6-7-10(12(14)13-3)11(8-9)16-5-2/h6-8H,4-5H2,1-3H3,(H,13,14). The van der Waals surface area contributed by atoms with Gasteiger partial charge in [0, 0.05) is 13.1 Å². The first kappa shape index (κ1) is 12.4. The second-order valence-corrected chi connectivity index (χ2v) is 3.10. The molecule has 4 nitrogen and oxygen atoms in total. The summed E-state index contributed by atoms with van der Waals surface area (Å²) >= 11 is 0. The van der Waals surface area contributed by atoms with E-state index in [0.29, 0.717) is 30.3 Å². The Labute approximate surface area is 95.6 Å². The highest BCUT2D eigenvalue weighted by atomic mass is 16.5. The van der Waals surface area contributed by atoms with E-state index in [-0.39, 0.29) is 5.91 Å². The molecule has 4 heteroatoms. The molecule has 0 bridgehead atoms. The van der Waals surface area contributed by atoms with Gasteiger partial charge < -0.3 is 14.8 Å². The van der Waals surface area contributed by atoms with Crippen molar-refractivity contribution in [2.45, 2.75) is 13.8 Å². The number of benzene rings is 1. The van der Waals surface area contributed by atoms with Crippen LogP contribution < -0.4 is 14.8 Å². The summed E-state index contributed by atoms with van der Waals surface area (Å²) in [7, 11) is 1.59. The van der Waals surface area contributed by atoms with Gasteiger partial charge in [-0.05, 0) is 26.0 Å². The lowest BCUT2D eigenvalue weighted by Gasteiger charge is -2.11. The molecule has 0 unspecified atom stereocenters. The van der Waals surface area contributed by atoms with E-state index in [2.05, 4.69) is 5.32 Å². The van der Waals surface area contributed by atoms with Gasteiger partial charge in [0.2, 0.25) is 0 Å². The first-order chi connectivity index (χ1) is 7.72. The van der Waals surface area contributed by atoms with Crippen molar-refractivity contribution in [3.8, 4) is 11.5 Å². The predicted molar refractivity (Wildman–Crippen MR) is 62.2 cm³/mol. The molecule has 0 saturated heterocycles. The minimum absolute atomic E-state index is 0.161. The number of nitrogens with one attached hydrogen (secondary N) is 1. The van der Waals surface area contributed by atoms with Crippen molar-refractivity contribution in [3.63, 3.8) is 0 Å². The topological polar surface area (TPSA) is 47.6 Å². The van der Waals surface area contributed by atoms with E-state index in [0.717, 1.165) is 0 Å². The lowest BCUT2D eigenvalue weighted by molar-refractivity contribution is 0.0959. The van der Waals surface area contributed by atoms with Gasteiger partial charge in [0.15, 0.2) is 0 Å². The largest absolute Gasteiger partial charge is 0.494 e. The fourth-order valence-electron chi connectivity index (χ4n) is 1.36. The summed E-state index contributed by atoms with van der Waals surface area (Å²) in [5.74, 6) is 1.10. The minimum Gasteiger partial charge on any atom is -0.494 e. The summed E-state index contributed by atoms with van der Waals surface area (Å²) in [5.41, 5.74) is 0.521. The van der Waals surface area contributed by atoms with Crippen LogP contribution in [0.2, 0.25) is 0 Å². The maximum absolute atomic E-state index is 11.5. The smallest absolute Gasteiger partial charge is 0.254 e. The maximum Gasteiger partial charge on any atom is 0.254 e. The van der Waals surface area contributed by atoms with Crippen molar-refractivity contribution in [2.75, 3.05) is 20.3 Å². The third-order valence-electron chi connectivity index (χ3n) is 2.04. The number of ether oxygens (including phenoxy) is 2. The zero-order valence-corrected chi connectivity index (χ0v) is 9.87. The van der Waals surface area contributed by atoms with Crippen LogP contribution in [0.5, 0.6) is 11.5 Å². The summed E-state index contributed by atoms with van der Waals surface area (Å²) < 4.78 is 10.8. The summed E-state index contributed by atoms with van der Waals surface area (Å²) in [6.45, 7) is 4.89. The Kier molecular flexibility index (Phi) is 4.64. The first-order valence-electron chi connectivity index (χ1n) is 5.34. The van der Waals surface area contributed by atoms with Gasteiger partial charge in [-0.25, -0.2) is 0 Å². The number of amides is 1. The molecule has 1 N–H and O–H groups in total. The van der Waals surface area contributed by atoms with Gasteiger partial charge in [-0.3, -0.25) is 4.79 Å². The lowest BCUT2D eigenvalue weighted by Crippen LogP contribution is -2.19. The van der Waals surface area contributed by atoms with Gasteiger partial charge in [-0.15, -0.1) is 0 Å². The molecule has 0 aliphatic carbocycles. The zero-order chi connectivity index (χ0) is 12.0. The molecule has 0 radical (unpaired) electrons. The van der Waals surface area contributed by atoms with Crippen molar-refractivity contribution >= 4 is 5.91 Å². The quantitative estimate of drug-likeness (QED) is 0.828. The Morgan fingerprint density at radius 2 is 1.94 bits per heavy atom. The van der Waals surface area contributed by atoms with Crippen LogP contribution >= 0.6 is 0 Å². The molecule has 1 amide bonds. The zero-order valence-electron chi connectivity index (χ0n) is 9.87. The van der Waals surface area contributed by atoms with Gasteiger partial charge in [0.1, 0.15) is 11.5 Å². The number of rotatable bonds is 5. The van der Waals surface area contributed by atoms with Crippen molar-refractivity contribution < 1.29 is 14.3 Å². The number of hydrogen-bond acceptors (Lipinski definition) is 3. The molecule has 0 saturated carbocycles. The summed E-state index contributed by atoms with van der Waals surface area (Å²) in [5, 5.41) is 2.57. The maximum atomic E-state index is 11.5. The monoisotopic (exact) mass is 223 g/mol. The molecule has 1 aromatic rings. The molecule has 0 aliphatic rings. The molecule has 0 spiro atoms. The molecular formula is C12H17NO3. The van der Waals surface area contributed by atoms with Crippen LogP contribution in [0, 0.1) is 0 Å². The summed E-state index contributed by atoms with van der Waals surface area (Å²) in [6.07, 6.45) is 0. The highest BCUT2D eigenvalue weighted by molar-refractivity contribution is 5.96. The molecule has 16 heavy (non-hydrogen) atoms. The van der Waals surface area contributed by atoms with Crippen LogP contribution in [-0.4, -0.2) is 26.2 Å². The van der Waals surface area contributed by atoms with Crippen LogP contribution in [0.4, 0.5) is 0 Å². The fourth-order valence-corrected chi connectivity index (χ4v) is 1.36. The second kappa shape index (κ2) is 6.00. The van der Waals surface area contributed by atoms with E-state index < -0.39 is 0 Å². The van der Waals surface area contributed by atoms with Gasteiger partial charge in [-0.1, -0.05) is 0 Å². The predicted octanol–water partition coefficient (Wildman–Crippen LogP) is 1.84. The molecule has 0 fully saturated rings. The van der Waals surface area contributed by atoms with Crippen LogP contribution in [0.25, 0.3) is 0 Å². The highest BCUT2D eigenvalue weighted by Gasteiger charge is 2.11. The molecule has 88 valence electrons. The summed E-state index contributed by atoms with van der Waals surface area (Å²) in [6, 6.07) is 5.20. The molecule has 0 atom stereocenters. The number of hydrogen-bond donors (Lipinski definition) is 1. The van der Waals surface area contributed by atoms with Gasteiger partial charge in [-0.2, -0.15) is 0 Å². The van der Waals surface area contributed by atoms with Crippen LogP contribution in [0.1, 0.15) is 24.2 Å². The Bertz CT molecular complexity index is 363. The Morgan fingerprint density at radius 1 is 1.25 bits per heavy atom. The van der Waals surface area contributed by atoms with Crippen LogP contribution in [-0.2, 0) is 0 Å². The van der Waals surface area contributed by atoms with E-state index in [1.54, 1.807) is 25.2 Å². The van der Waals surface area contributed by atoms with Crippen LogP contribution in [0.3, 0.4) is 0 Å². The molecule has 0 aliphatic heterocycles. The molecule has 0 aromatic heterocycles. The van der Waals surface area contributed by atoms with Crippen molar-refractivity contribution in [3.05, 3.63) is 23.8 Å². The van der Waals surface area contributed by atoms with Crippen molar-refractivity contribution in [1.29, 1.82) is 0 Å². The fraction of sp³-hybridized carbons (Fsp3) is 0.417. The Morgan fingerprint density at radius 3 is 2.50 bits per heavy atom. The van der Waals surface area contributed by atoms with Crippen molar-refractivity contribution in [1.82, 2.24) is 5.32 Å². The number of carbonyl (C=O) groups excluding carboxylic acids is 1. The third-order valence-corrected chi connectivity index (χ3v) is 2.04. The molecule has 1 aromatic carbocycles. The Hall–Kier alpha value is -1.71. The molecule has 0 heterocycles. The van der Waals surface area contributed by atoms with Crippen LogP contribution in [0.15, 0.2) is 18.2 Å². The van der Waals surface area contributed by atoms with Gasteiger partial charge in [0.25, 0.3) is 5.91 Å². The normalized spacial score (nSPS) is 9.69. The van der Waals surface area contributed by atoms with E-state index >= 15 is 0 Å². The minimum atomic E-state index is -0.161. The molecule has 1 rings (SSSR count). The van der Waals surface area contributed by atoms with E-state index in [1.165, 1.54) is 0 Å². The van der Waals surface area contributed by atoms with E-state index in [9.17, 15) is 4.79 Å². The third kappa shape index (κ3) is 2.89. The lowest BCUT2D eigenvalue weighted by atomic mass is 10.2. The van der Waals surface area contributed by atoms with Gasteiger partial charge >= 0.3 is 0 Å². The Balaban J connectivity index is 3.03. The van der Waals surface area contributed by atoms with E-state index in [4.69, 9.17) is 9.47 Å². The number of carbonyl (C=O) groups is 1. The average molecular weight is 223 g/mol. The van der Waals surface area contributed by atoms with E-state index in [1.807, 2.05) is 13.8 Å². The first-order valence-corrected chi connectivity index (χ1v) is 5.34. The highest BCUT2D eigenvalue weighted by Crippen LogP contribution is 2.25. The SMILES string of the molecule is CCOc1ccc(C(=O)NC)c(OCC)c1. The average Bonchev–Trinajstić information content (AvgIpc) is 2.29. The summed E-state index contributed by atoms with van der Waals surface area (Å²) in [4.78, 5) is 11.5.